The lowest BCUT2D eigenvalue weighted by molar-refractivity contribution is 1.48. The Morgan fingerprint density at radius 2 is 1.78 bits per heavy atom. The highest BCUT2D eigenvalue weighted by molar-refractivity contribution is 5.79. The molecular weight excluding hydrogens is 110 g/mol. The summed E-state index contributed by atoms with van der Waals surface area (Å²) in [6, 6.07) is 0. The second-order valence-corrected chi connectivity index (χ2v) is 1.56. The molecule has 9 heavy (non-hydrogen) atoms. The Hall–Kier alpha value is -0.850. The molecule has 0 aromatic rings. The van der Waals surface area contributed by atoms with Gasteiger partial charge >= 0.3 is 0 Å². The molecule has 0 atom stereocenters. The van der Waals surface area contributed by atoms with Crippen LogP contribution in [0, 0.1) is 0 Å². The monoisotopic (exact) mass is 125 g/mol. The van der Waals surface area contributed by atoms with E-state index in [1.807, 2.05) is 26.8 Å². The summed E-state index contributed by atoms with van der Waals surface area (Å²) in [5.74, 6) is 0. The molecule has 52 valence electrons. The summed E-state index contributed by atoms with van der Waals surface area (Å²) in [5, 5.41) is 0. The van der Waals surface area contributed by atoms with E-state index in [2.05, 4.69) is 18.2 Å². The summed E-state index contributed by atoms with van der Waals surface area (Å²) in [4.78, 5) is 3.98. The molecule has 0 unspecified atom stereocenters. The first kappa shape index (κ1) is 11.0. The molecule has 0 saturated carbocycles. The van der Waals surface area contributed by atoms with Gasteiger partial charge in [0.1, 0.15) is 0 Å². The minimum atomic E-state index is 1.10. The lowest BCUT2D eigenvalue weighted by Gasteiger charge is -1.78. The molecule has 1 nitrogen and oxygen atoms in total. The van der Waals surface area contributed by atoms with Crippen LogP contribution in [0.3, 0.4) is 0 Å². The van der Waals surface area contributed by atoms with Gasteiger partial charge in [-0.1, -0.05) is 6.08 Å². The van der Waals surface area contributed by atoms with E-state index in [1.54, 1.807) is 6.20 Å². The van der Waals surface area contributed by atoms with E-state index in [4.69, 9.17) is 0 Å². The molecular formula is C8H15N. The van der Waals surface area contributed by atoms with Gasteiger partial charge in [0.2, 0.25) is 0 Å². The normalized spacial score (nSPS) is 7.89. The van der Waals surface area contributed by atoms with E-state index in [-0.39, 0.29) is 0 Å². The standard InChI is InChI=1S/C6H11N.C2H4/c1-4-5-7-6(2)3;1-2/h4-5H,1-3H3;1-2H2/b5-4-;. The highest BCUT2D eigenvalue weighted by Crippen LogP contribution is 1.75. The molecule has 0 aliphatic carbocycles. The summed E-state index contributed by atoms with van der Waals surface area (Å²) < 4.78 is 0. The topological polar surface area (TPSA) is 12.4 Å². The van der Waals surface area contributed by atoms with Gasteiger partial charge in [0.15, 0.2) is 0 Å². The molecule has 0 heterocycles. The second kappa shape index (κ2) is 10.2. The van der Waals surface area contributed by atoms with Gasteiger partial charge in [0.25, 0.3) is 0 Å². The zero-order valence-electron chi connectivity index (χ0n) is 6.52. The average molecular weight is 125 g/mol. The minimum absolute atomic E-state index is 1.10. The molecule has 0 N–H and O–H groups in total. The van der Waals surface area contributed by atoms with Gasteiger partial charge in [0.05, 0.1) is 0 Å². The lowest BCUT2D eigenvalue weighted by atomic mass is 10.5. The van der Waals surface area contributed by atoms with Gasteiger partial charge in [0, 0.05) is 11.9 Å². The van der Waals surface area contributed by atoms with Crippen LogP contribution >= 0.6 is 0 Å². The van der Waals surface area contributed by atoms with Gasteiger partial charge in [-0.25, -0.2) is 0 Å². The van der Waals surface area contributed by atoms with Crippen molar-refractivity contribution >= 4 is 5.71 Å². The first-order valence-corrected chi connectivity index (χ1v) is 2.89. The number of hydrogen-bond acceptors (Lipinski definition) is 1. The van der Waals surface area contributed by atoms with Gasteiger partial charge in [-0.3, -0.25) is 4.99 Å². The first-order valence-electron chi connectivity index (χ1n) is 2.89. The molecule has 1 heteroatoms. The number of aliphatic imine (C=N–C) groups is 1. The number of allylic oxidation sites excluding steroid dienone is 1. The highest BCUT2D eigenvalue weighted by Gasteiger charge is 1.66. The maximum Gasteiger partial charge on any atom is 0.0224 e. The Kier molecular flexibility index (Phi) is 12.5. The van der Waals surface area contributed by atoms with Crippen molar-refractivity contribution in [3.8, 4) is 0 Å². The number of hydrogen-bond donors (Lipinski definition) is 0. The summed E-state index contributed by atoms with van der Waals surface area (Å²) in [6.07, 6.45) is 3.70. The number of nitrogens with zero attached hydrogens (tertiary/aromatic N) is 1. The van der Waals surface area contributed by atoms with E-state index in [9.17, 15) is 0 Å². The van der Waals surface area contributed by atoms with Crippen LogP contribution in [0.25, 0.3) is 0 Å². The van der Waals surface area contributed by atoms with Crippen molar-refractivity contribution in [1.82, 2.24) is 0 Å². The molecule has 0 fully saturated rings. The summed E-state index contributed by atoms with van der Waals surface area (Å²) in [5.41, 5.74) is 1.10. The zero-order valence-corrected chi connectivity index (χ0v) is 6.52. The van der Waals surface area contributed by atoms with Crippen molar-refractivity contribution in [3.63, 3.8) is 0 Å². The van der Waals surface area contributed by atoms with Crippen molar-refractivity contribution < 1.29 is 0 Å². The van der Waals surface area contributed by atoms with Crippen molar-refractivity contribution in [2.75, 3.05) is 0 Å². The Labute approximate surface area is 57.8 Å². The first-order chi connectivity index (χ1) is 4.27. The van der Waals surface area contributed by atoms with Crippen LogP contribution in [-0.4, -0.2) is 5.71 Å². The Balaban J connectivity index is 0. The van der Waals surface area contributed by atoms with Crippen molar-refractivity contribution in [2.24, 2.45) is 4.99 Å². The fraction of sp³-hybridized carbons (Fsp3) is 0.375. The van der Waals surface area contributed by atoms with E-state index in [0.717, 1.165) is 5.71 Å². The van der Waals surface area contributed by atoms with Crippen LogP contribution in [-0.2, 0) is 0 Å². The van der Waals surface area contributed by atoms with Crippen LogP contribution in [0.1, 0.15) is 20.8 Å². The third kappa shape index (κ3) is 19.1. The summed E-state index contributed by atoms with van der Waals surface area (Å²) in [7, 11) is 0. The molecule has 0 radical (unpaired) electrons. The maximum absolute atomic E-state index is 3.98. The Morgan fingerprint density at radius 3 is 1.89 bits per heavy atom. The zero-order chi connectivity index (χ0) is 7.70. The van der Waals surface area contributed by atoms with Crippen molar-refractivity contribution in [1.29, 1.82) is 0 Å². The molecule has 0 rings (SSSR count). The van der Waals surface area contributed by atoms with E-state index in [0.29, 0.717) is 0 Å². The molecule has 0 aromatic heterocycles. The largest absolute Gasteiger partial charge is 0.267 e. The average Bonchev–Trinajstić information content (AvgIpc) is 1.88. The minimum Gasteiger partial charge on any atom is -0.267 e. The van der Waals surface area contributed by atoms with E-state index < -0.39 is 0 Å². The van der Waals surface area contributed by atoms with Gasteiger partial charge in [-0.15, -0.1) is 13.2 Å². The molecule has 0 saturated heterocycles. The SMILES string of the molecule is C/C=C\N=C(C)C.C=C. The Bertz CT molecular complexity index is 97.1. The van der Waals surface area contributed by atoms with E-state index in [1.165, 1.54) is 0 Å². The van der Waals surface area contributed by atoms with Crippen molar-refractivity contribution in [2.45, 2.75) is 20.8 Å². The van der Waals surface area contributed by atoms with Crippen LogP contribution in [0.15, 0.2) is 30.4 Å². The fourth-order valence-electron chi connectivity index (χ4n) is 0.224. The van der Waals surface area contributed by atoms with Gasteiger partial charge in [-0.2, -0.15) is 0 Å². The van der Waals surface area contributed by atoms with Crippen LogP contribution in [0.5, 0.6) is 0 Å². The summed E-state index contributed by atoms with van der Waals surface area (Å²) in [6.45, 7) is 11.9. The quantitative estimate of drug-likeness (QED) is 0.377. The van der Waals surface area contributed by atoms with Crippen LogP contribution in [0.2, 0.25) is 0 Å². The maximum atomic E-state index is 3.98. The van der Waals surface area contributed by atoms with Gasteiger partial charge < -0.3 is 0 Å². The molecule has 0 aliphatic rings. The predicted molar refractivity (Wildman–Crippen MR) is 44.9 cm³/mol. The fourth-order valence-corrected chi connectivity index (χ4v) is 0.224. The van der Waals surface area contributed by atoms with Crippen molar-refractivity contribution in [3.05, 3.63) is 25.4 Å². The second-order valence-electron chi connectivity index (χ2n) is 1.56. The molecule has 0 amide bonds. The molecule has 0 aromatic carbocycles. The molecule has 0 spiro atoms. The third-order valence-corrected chi connectivity index (χ3v) is 0.482. The predicted octanol–water partition coefficient (Wildman–Crippen LogP) is 2.80. The highest BCUT2D eigenvalue weighted by atomic mass is 14.7. The molecule has 0 aliphatic heterocycles. The van der Waals surface area contributed by atoms with Gasteiger partial charge in [-0.05, 0) is 20.8 Å². The van der Waals surface area contributed by atoms with Crippen LogP contribution < -0.4 is 0 Å². The van der Waals surface area contributed by atoms with E-state index >= 15 is 0 Å². The lowest BCUT2D eigenvalue weighted by Crippen LogP contribution is -1.74. The van der Waals surface area contributed by atoms with Crippen LogP contribution in [0.4, 0.5) is 0 Å². The Morgan fingerprint density at radius 1 is 1.33 bits per heavy atom. The smallest absolute Gasteiger partial charge is 0.0224 e. The summed E-state index contributed by atoms with van der Waals surface area (Å²) >= 11 is 0. The number of rotatable bonds is 1. The molecule has 0 bridgehead atoms. The third-order valence-electron chi connectivity index (χ3n) is 0.482.